The van der Waals surface area contributed by atoms with Crippen LogP contribution in [-0.2, 0) is 35.2 Å². The van der Waals surface area contributed by atoms with E-state index in [0.717, 1.165) is 21.7 Å². The van der Waals surface area contributed by atoms with Crippen LogP contribution >= 0.6 is 46.1 Å². The number of hydrogen-bond donors (Lipinski definition) is 6. The minimum atomic E-state index is -1.95. The summed E-state index contributed by atoms with van der Waals surface area (Å²) < 4.78 is 8.64. The maximum Gasteiger partial charge on any atom is 0.408 e. The molecule has 1 aromatic carbocycles. The van der Waals surface area contributed by atoms with E-state index in [2.05, 4.69) is 41.5 Å². The largest absolute Gasteiger partial charge is 0.449 e. The van der Waals surface area contributed by atoms with Crippen molar-refractivity contribution in [3.05, 3.63) is 59.5 Å². The molecule has 3 heterocycles. The first-order valence-electron chi connectivity index (χ1n) is 18.9. The van der Waals surface area contributed by atoms with E-state index in [1.807, 2.05) is 31.2 Å². The van der Waals surface area contributed by atoms with E-state index in [9.17, 15) is 29.1 Å². The van der Waals surface area contributed by atoms with Crippen LogP contribution in [-0.4, -0.2) is 116 Å². The third-order valence-electron chi connectivity index (χ3n) is 8.96. The second-order valence-electron chi connectivity index (χ2n) is 14.7. The summed E-state index contributed by atoms with van der Waals surface area (Å²) in [5, 5.41) is 23.9. The van der Waals surface area contributed by atoms with Gasteiger partial charge in [0.25, 0.3) is 0 Å². The van der Waals surface area contributed by atoms with Gasteiger partial charge in [-0.25, -0.2) is 19.7 Å². The predicted octanol–water partition coefficient (Wildman–Crippen LogP) is 3.86. The Morgan fingerprint density at radius 1 is 0.949 bits per heavy atom. The van der Waals surface area contributed by atoms with Crippen molar-refractivity contribution in [3.63, 3.8) is 0 Å². The zero-order valence-corrected chi connectivity index (χ0v) is 36.2. The number of amides is 5. The van der Waals surface area contributed by atoms with Crippen LogP contribution in [0.5, 0.6) is 0 Å². The summed E-state index contributed by atoms with van der Waals surface area (Å²) in [5.74, 6) is -1.52. The lowest BCUT2D eigenvalue weighted by atomic mass is 9.85. The van der Waals surface area contributed by atoms with E-state index in [1.165, 1.54) is 17.3 Å². The average molecular weight is 899 g/mol. The van der Waals surface area contributed by atoms with Crippen molar-refractivity contribution in [1.29, 1.82) is 0 Å². The van der Waals surface area contributed by atoms with Crippen LogP contribution in [0, 0.1) is 12.3 Å². The number of carbonyl (C=O) groups excluding carboxylic acids is 5. The molecule has 59 heavy (non-hydrogen) atoms. The number of benzene rings is 1. The van der Waals surface area contributed by atoms with Crippen molar-refractivity contribution < 1.29 is 38.6 Å². The first kappa shape index (κ1) is 47.3. The van der Waals surface area contributed by atoms with E-state index < -0.39 is 57.4 Å². The lowest BCUT2D eigenvalue weighted by Crippen LogP contribution is -2.57. The van der Waals surface area contributed by atoms with Gasteiger partial charge in [0.05, 0.1) is 42.0 Å². The van der Waals surface area contributed by atoms with Gasteiger partial charge >= 0.3 is 6.09 Å². The number of rotatable bonds is 19. The molecule has 0 aliphatic carbocycles. The van der Waals surface area contributed by atoms with Crippen molar-refractivity contribution in [2.75, 3.05) is 38.2 Å². The molecule has 4 rings (SSSR count). The first-order valence-corrected chi connectivity index (χ1v) is 20.9. The smallest absolute Gasteiger partial charge is 0.408 e. The molecule has 1 unspecified atom stereocenters. The van der Waals surface area contributed by atoms with Crippen LogP contribution in [0.25, 0.3) is 10.4 Å². The topological polar surface area (TPSA) is 226 Å². The number of nitrogens with zero attached hydrogens (tertiary/aromatic N) is 4. The zero-order chi connectivity index (χ0) is 43.2. The number of hydrogen-bond acceptors (Lipinski definition) is 13. The molecule has 17 nitrogen and oxygen atoms in total. The third kappa shape index (κ3) is 15.3. The molecular formula is C38H50Cl3N9O8S. The number of nitrogens with one attached hydrogen (secondary N) is 5. The summed E-state index contributed by atoms with van der Waals surface area (Å²) in [6, 6.07) is 7.48. The molecule has 1 saturated heterocycles. The fraction of sp³-hybridized carbons (Fsp3) is 0.526. The fourth-order valence-electron chi connectivity index (χ4n) is 5.86. The molecule has 1 aliphatic rings. The molecule has 3 aromatic rings. The Morgan fingerprint density at radius 3 is 2.25 bits per heavy atom. The van der Waals surface area contributed by atoms with Gasteiger partial charge < -0.3 is 40.7 Å². The van der Waals surface area contributed by atoms with Crippen molar-refractivity contribution in [2.45, 2.75) is 88.1 Å². The van der Waals surface area contributed by atoms with Gasteiger partial charge in [0, 0.05) is 51.3 Å². The number of aliphatic hydroxyl groups is 1. The number of aryl methyl sites for hydroxylation is 1. The molecule has 6 N–H and O–H groups in total. The lowest BCUT2D eigenvalue weighted by molar-refractivity contribution is -0.144. The normalized spacial score (nSPS) is 16.4. The number of likely N-dealkylation sites (tertiary alicyclic amines) is 1. The Morgan fingerprint density at radius 2 is 1.63 bits per heavy atom. The van der Waals surface area contributed by atoms with Gasteiger partial charge in [-0.2, -0.15) is 0 Å². The summed E-state index contributed by atoms with van der Waals surface area (Å²) in [4.78, 5) is 79.3. The van der Waals surface area contributed by atoms with Crippen molar-refractivity contribution in [1.82, 2.24) is 41.1 Å². The Labute approximate surface area is 361 Å². The number of aromatic nitrogens is 3. The summed E-state index contributed by atoms with van der Waals surface area (Å²) in [5.41, 5.74) is 3.92. The second-order valence-corrected chi connectivity index (χ2v) is 18.0. The van der Waals surface area contributed by atoms with Crippen LogP contribution in [0.15, 0.2) is 48.2 Å². The molecule has 5 amide bonds. The average Bonchev–Trinajstić information content (AvgIpc) is 3.80. The Kier molecular flexibility index (Phi) is 17.9. The molecule has 0 spiro atoms. The molecule has 1 fully saturated rings. The highest BCUT2D eigenvalue weighted by molar-refractivity contribution is 7.13. The van der Waals surface area contributed by atoms with Crippen LogP contribution < -0.4 is 26.6 Å². The van der Waals surface area contributed by atoms with Crippen LogP contribution in [0.4, 0.5) is 10.7 Å². The standard InChI is InChI=1S/C38H50Cl3N9O8S/c1-23-30(59-22-46-23)25-9-7-24(8-10-25)20-45-32(54)27-19-26(51)21-50(27)33(55)31(37(2,3)4)47-29(53)12-18-57-17-11-28(52)42-15-6-16-58-36(56)49-34(38(39,40)41)48-35-43-13-5-14-44-35/h5,7-10,13-14,22,26-27,31,34,51H,6,11-12,15-21H2,1-4H3,(H,42,52)(H,45,54)(H,47,53)(H,49,56)(H,43,44,48)/t26-,27+,31-,34?/m1/s1. The van der Waals surface area contributed by atoms with Gasteiger partial charge in [-0.05, 0) is 36.0 Å². The number of alkyl carbamates (subject to hydrolysis) is 1. The number of β-amino-alcohol motifs (C(OH)–C–C–N with tert-alkyl or cyclic N) is 1. The van der Waals surface area contributed by atoms with Crippen LogP contribution in [0.1, 0.15) is 57.7 Å². The quantitative estimate of drug-likeness (QED) is 0.0574. The summed E-state index contributed by atoms with van der Waals surface area (Å²) >= 11 is 19.4. The van der Waals surface area contributed by atoms with Gasteiger partial charge in [0.1, 0.15) is 12.1 Å². The first-order chi connectivity index (χ1) is 27.9. The van der Waals surface area contributed by atoms with Crippen LogP contribution in [0.2, 0.25) is 0 Å². The second kappa shape index (κ2) is 22.3. The molecule has 1 aliphatic heterocycles. The van der Waals surface area contributed by atoms with Gasteiger partial charge in [-0.3, -0.25) is 24.5 Å². The minimum Gasteiger partial charge on any atom is -0.449 e. The summed E-state index contributed by atoms with van der Waals surface area (Å²) in [6.07, 6.45) is 0.271. The fourth-order valence-corrected chi connectivity index (χ4v) is 7.00. The molecule has 2 aromatic heterocycles. The van der Waals surface area contributed by atoms with E-state index in [4.69, 9.17) is 44.3 Å². The highest BCUT2D eigenvalue weighted by Crippen LogP contribution is 2.31. The Bertz CT molecular complexity index is 1860. The Balaban J connectivity index is 1.13. The highest BCUT2D eigenvalue weighted by atomic mass is 35.6. The van der Waals surface area contributed by atoms with Crippen LogP contribution in [0.3, 0.4) is 0 Å². The summed E-state index contributed by atoms with van der Waals surface area (Å²) in [6.45, 7) is 7.73. The maximum atomic E-state index is 13.9. The number of halogens is 3. The third-order valence-corrected chi connectivity index (χ3v) is 10.6. The number of thiazole rings is 1. The Hall–Kier alpha value is -4.33. The van der Waals surface area contributed by atoms with E-state index in [0.29, 0.717) is 6.42 Å². The van der Waals surface area contributed by atoms with Gasteiger partial charge in [0.2, 0.25) is 33.4 Å². The molecule has 0 bridgehead atoms. The number of aliphatic hydroxyl groups excluding tert-OH is 1. The molecule has 4 atom stereocenters. The molecule has 21 heteroatoms. The summed E-state index contributed by atoms with van der Waals surface area (Å²) in [7, 11) is 0. The number of anilines is 1. The number of alkyl halides is 3. The maximum absolute atomic E-state index is 13.9. The number of carbonyl (C=O) groups is 5. The monoisotopic (exact) mass is 897 g/mol. The number of ether oxygens (including phenoxy) is 2. The minimum absolute atomic E-state index is 0.00812. The van der Waals surface area contributed by atoms with Gasteiger partial charge in [-0.1, -0.05) is 79.8 Å². The van der Waals surface area contributed by atoms with E-state index in [-0.39, 0.29) is 70.6 Å². The molecule has 322 valence electrons. The highest BCUT2D eigenvalue weighted by Gasteiger charge is 2.44. The zero-order valence-electron chi connectivity index (χ0n) is 33.1. The van der Waals surface area contributed by atoms with Crippen molar-refractivity contribution in [3.8, 4) is 10.4 Å². The SMILES string of the molecule is Cc1ncsc1-c1ccc(CNC(=O)[C@@H]2C[C@@H](O)CN2C(=O)[C@@H](NC(=O)CCOCCC(=O)NCCCOC(=O)NC(Nc2ncccn2)C(Cl)(Cl)Cl)C(C)(C)C)cc1. The molecular weight excluding hydrogens is 849 g/mol. The van der Waals surface area contributed by atoms with Crippen molar-refractivity contribution in [2.24, 2.45) is 5.41 Å². The van der Waals surface area contributed by atoms with E-state index >= 15 is 0 Å². The van der Waals surface area contributed by atoms with E-state index in [1.54, 1.807) is 43.7 Å². The molecule has 0 radical (unpaired) electrons. The lowest BCUT2D eigenvalue weighted by Gasteiger charge is -2.35. The van der Waals surface area contributed by atoms with Gasteiger partial charge in [-0.15, -0.1) is 11.3 Å². The van der Waals surface area contributed by atoms with Crippen molar-refractivity contribution >= 4 is 81.8 Å². The predicted molar refractivity (Wildman–Crippen MR) is 224 cm³/mol. The molecule has 0 saturated carbocycles. The van der Waals surface area contributed by atoms with Gasteiger partial charge in [0.15, 0.2) is 6.17 Å².